The van der Waals surface area contributed by atoms with Crippen molar-refractivity contribution in [2.24, 2.45) is 0 Å². The third-order valence-corrected chi connectivity index (χ3v) is 15.8. The molecule has 0 aliphatic heterocycles. The zero-order valence-corrected chi connectivity index (χ0v) is 49.6. The van der Waals surface area contributed by atoms with Crippen LogP contribution in [0.4, 0.5) is 0 Å². The molecule has 0 fully saturated rings. The minimum atomic E-state index is -0.842. The third-order valence-electron chi connectivity index (χ3n) is 15.8. The summed E-state index contributed by atoms with van der Waals surface area (Å²) in [6.45, 7) is 4.94. The SMILES string of the molecule is CCCCCCCCCCCCC/C=C/C(O)C(CO)NC(=O)CCCCCCCCCCCCCCCCCCCCCCCCCCOC(=O)CCCCCCCCCCCCCCCCCCCCC. The van der Waals surface area contributed by atoms with E-state index < -0.39 is 12.1 Å². The Morgan fingerprint density at radius 1 is 0.370 bits per heavy atom. The van der Waals surface area contributed by atoms with Gasteiger partial charge in [-0.2, -0.15) is 0 Å². The van der Waals surface area contributed by atoms with E-state index in [9.17, 15) is 19.8 Å². The first-order valence-corrected chi connectivity index (χ1v) is 33.5. The number of unbranched alkanes of at least 4 members (excludes halogenated alkanes) is 52. The molecule has 6 heteroatoms. The number of rotatable bonds is 63. The second-order valence-electron chi connectivity index (χ2n) is 23.2. The summed E-state index contributed by atoms with van der Waals surface area (Å²) < 4.78 is 5.51. The lowest BCUT2D eigenvalue weighted by Gasteiger charge is -2.20. The van der Waals surface area contributed by atoms with Gasteiger partial charge in [0.1, 0.15) is 0 Å². The summed E-state index contributed by atoms with van der Waals surface area (Å²) in [6.07, 6.45) is 77.1. The topological polar surface area (TPSA) is 95.9 Å². The molecule has 0 aromatic heterocycles. The number of esters is 1. The normalized spacial score (nSPS) is 12.5. The highest BCUT2D eigenvalue weighted by molar-refractivity contribution is 5.76. The molecular weight excluding hydrogens is 899 g/mol. The van der Waals surface area contributed by atoms with Crippen molar-refractivity contribution in [3.63, 3.8) is 0 Å². The lowest BCUT2D eigenvalue weighted by molar-refractivity contribution is -0.143. The lowest BCUT2D eigenvalue weighted by atomic mass is 10.0. The average Bonchev–Trinajstić information content (AvgIpc) is 3.39. The van der Waals surface area contributed by atoms with Gasteiger partial charge >= 0.3 is 5.97 Å². The molecule has 0 rings (SSSR count). The Bertz CT molecular complexity index is 1100. The third kappa shape index (κ3) is 59.7. The summed E-state index contributed by atoms with van der Waals surface area (Å²) in [5, 5.41) is 23.1. The van der Waals surface area contributed by atoms with E-state index in [1.165, 1.54) is 315 Å². The van der Waals surface area contributed by atoms with Gasteiger partial charge in [-0.05, 0) is 32.1 Å². The average molecular weight is 1030 g/mol. The Morgan fingerprint density at radius 3 is 0.932 bits per heavy atom. The molecule has 73 heavy (non-hydrogen) atoms. The van der Waals surface area contributed by atoms with E-state index in [-0.39, 0.29) is 18.5 Å². The van der Waals surface area contributed by atoms with Gasteiger partial charge in [-0.1, -0.05) is 347 Å². The molecule has 0 aromatic rings. The van der Waals surface area contributed by atoms with Crippen molar-refractivity contribution in [1.82, 2.24) is 5.32 Å². The van der Waals surface area contributed by atoms with E-state index in [0.29, 0.717) is 19.4 Å². The van der Waals surface area contributed by atoms with E-state index in [1.54, 1.807) is 6.08 Å². The maximum atomic E-state index is 12.5. The molecule has 0 saturated carbocycles. The fourth-order valence-corrected chi connectivity index (χ4v) is 10.7. The molecule has 0 saturated heterocycles. The minimum Gasteiger partial charge on any atom is -0.466 e. The Labute approximate surface area is 457 Å². The summed E-state index contributed by atoms with van der Waals surface area (Å²) in [5.74, 6) is -0.0444. The van der Waals surface area contributed by atoms with Gasteiger partial charge in [0.2, 0.25) is 5.91 Å². The van der Waals surface area contributed by atoms with Crippen molar-refractivity contribution in [2.75, 3.05) is 13.2 Å². The van der Waals surface area contributed by atoms with Crippen LogP contribution in [-0.4, -0.2) is 47.4 Å². The van der Waals surface area contributed by atoms with E-state index in [1.807, 2.05) is 6.08 Å². The molecule has 0 aliphatic carbocycles. The van der Waals surface area contributed by atoms with Crippen molar-refractivity contribution < 1.29 is 24.5 Å². The number of allylic oxidation sites excluding steroid dienone is 1. The van der Waals surface area contributed by atoms with Crippen LogP contribution < -0.4 is 5.32 Å². The Kier molecular flexibility index (Phi) is 61.9. The monoisotopic (exact) mass is 1030 g/mol. The summed E-state index contributed by atoms with van der Waals surface area (Å²) in [4.78, 5) is 24.6. The van der Waals surface area contributed by atoms with Crippen LogP contribution >= 0.6 is 0 Å². The Hall–Kier alpha value is -1.40. The van der Waals surface area contributed by atoms with Crippen molar-refractivity contribution in [3.05, 3.63) is 12.2 Å². The first kappa shape index (κ1) is 71.6. The molecule has 3 N–H and O–H groups in total. The predicted molar refractivity (Wildman–Crippen MR) is 320 cm³/mol. The zero-order chi connectivity index (χ0) is 52.9. The van der Waals surface area contributed by atoms with Gasteiger partial charge < -0.3 is 20.3 Å². The van der Waals surface area contributed by atoms with Crippen molar-refractivity contribution in [2.45, 2.75) is 392 Å². The van der Waals surface area contributed by atoms with Gasteiger partial charge in [0.05, 0.1) is 25.4 Å². The first-order chi connectivity index (χ1) is 36.0. The number of aliphatic hydroxyl groups is 2. The van der Waals surface area contributed by atoms with Crippen LogP contribution in [0.1, 0.15) is 380 Å². The van der Waals surface area contributed by atoms with Crippen LogP contribution in [0.5, 0.6) is 0 Å². The summed E-state index contributed by atoms with van der Waals surface area (Å²) in [7, 11) is 0. The van der Waals surface area contributed by atoms with E-state index in [4.69, 9.17) is 4.74 Å². The van der Waals surface area contributed by atoms with Crippen LogP contribution in [-0.2, 0) is 14.3 Å². The van der Waals surface area contributed by atoms with Gasteiger partial charge in [-0.15, -0.1) is 0 Å². The fraction of sp³-hybridized carbons (Fsp3) is 0.940. The summed E-state index contributed by atoms with van der Waals surface area (Å²) in [6, 6.07) is -0.625. The molecule has 1 amide bonds. The fourth-order valence-electron chi connectivity index (χ4n) is 10.7. The van der Waals surface area contributed by atoms with Crippen molar-refractivity contribution in [1.29, 1.82) is 0 Å². The number of carbonyl (C=O) groups excluding carboxylic acids is 2. The van der Waals surface area contributed by atoms with Crippen LogP contribution in [0.2, 0.25) is 0 Å². The molecule has 0 spiro atoms. The molecule has 0 heterocycles. The van der Waals surface area contributed by atoms with Gasteiger partial charge in [-0.3, -0.25) is 9.59 Å². The van der Waals surface area contributed by atoms with E-state index >= 15 is 0 Å². The number of ether oxygens (including phenoxy) is 1. The maximum Gasteiger partial charge on any atom is 0.305 e. The number of aliphatic hydroxyl groups excluding tert-OH is 2. The first-order valence-electron chi connectivity index (χ1n) is 33.5. The van der Waals surface area contributed by atoms with Gasteiger partial charge in [0.15, 0.2) is 0 Å². The highest BCUT2D eigenvalue weighted by atomic mass is 16.5. The highest BCUT2D eigenvalue weighted by Crippen LogP contribution is 2.19. The lowest BCUT2D eigenvalue weighted by Crippen LogP contribution is -2.45. The number of amides is 1. The summed E-state index contributed by atoms with van der Waals surface area (Å²) >= 11 is 0. The number of hydrogen-bond donors (Lipinski definition) is 3. The highest BCUT2D eigenvalue weighted by Gasteiger charge is 2.18. The molecule has 6 nitrogen and oxygen atoms in total. The van der Waals surface area contributed by atoms with Crippen molar-refractivity contribution in [3.8, 4) is 0 Å². The standard InChI is InChI=1S/C67H131NO5/c1-3-5-7-9-11-13-15-17-18-19-26-30-33-37-41-45-49-53-57-61-67(72)73-62-58-54-50-46-42-38-34-31-28-25-23-21-20-22-24-27-29-32-36-40-44-48-52-56-60-66(71)68-64(63-69)65(70)59-55-51-47-43-39-35-16-14-12-10-8-6-4-2/h55,59,64-65,69-70H,3-54,56-58,60-63H2,1-2H3,(H,68,71)/b59-55+. The summed E-state index contributed by atoms with van der Waals surface area (Å²) in [5.41, 5.74) is 0. The van der Waals surface area contributed by atoms with Crippen LogP contribution in [0.3, 0.4) is 0 Å². The maximum absolute atomic E-state index is 12.5. The zero-order valence-electron chi connectivity index (χ0n) is 49.6. The number of hydrogen-bond acceptors (Lipinski definition) is 5. The Balaban J connectivity index is 3.34. The van der Waals surface area contributed by atoms with Gasteiger partial charge in [-0.25, -0.2) is 0 Å². The molecule has 434 valence electrons. The minimum absolute atomic E-state index is 0.0206. The second-order valence-corrected chi connectivity index (χ2v) is 23.2. The molecule has 0 aliphatic rings. The number of nitrogens with one attached hydrogen (secondary N) is 1. The quantitative estimate of drug-likeness (QED) is 0.0320. The predicted octanol–water partition coefficient (Wildman–Crippen LogP) is 21.2. The van der Waals surface area contributed by atoms with Crippen LogP contribution in [0.25, 0.3) is 0 Å². The molecule has 0 bridgehead atoms. The second kappa shape index (κ2) is 63.1. The smallest absolute Gasteiger partial charge is 0.305 e. The van der Waals surface area contributed by atoms with Gasteiger partial charge in [0.25, 0.3) is 0 Å². The molecule has 2 unspecified atom stereocenters. The molecule has 0 radical (unpaired) electrons. The van der Waals surface area contributed by atoms with Crippen LogP contribution in [0.15, 0.2) is 12.2 Å². The van der Waals surface area contributed by atoms with Crippen molar-refractivity contribution >= 4 is 11.9 Å². The van der Waals surface area contributed by atoms with E-state index in [2.05, 4.69) is 19.2 Å². The van der Waals surface area contributed by atoms with E-state index in [0.717, 1.165) is 38.5 Å². The molecule has 2 atom stereocenters. The largest absolute Gasteiger partial charge is 0.466 e. The molecular formula is C67H131NO5. The van der Waals surface area contributed by atoms with Crippen LogP contribution in [0, 0.1) is 0 Å². The Morgan fingerprint density at radius 2 is 0.630 bits per heavy atom. The molecule has 0 aromatic carbocycles. The number of carbonyl (C=O) groups is 2. The van der Waals surface area contributed by atoms with Gasteiger partial charge in [0, 0.05) is 12.8 Å².